The Morgan fingerprint density at radius 3 is 2.70 bits per heavy atom. The third-order valence-corrected chi connectivity index (χ3v) is 2.87. The van der Waals surface area contributed by atoms with Crippen molar-refractivity contribution in [1.82, 2.24) is 0 Å². The second-order valence-corrected chi connectivity index (χ2v) is 4.34. The monoisotopic (exact) mass is 290 g/mol. The molecule has 102 valence electrons. The van der Waals surface area contributed by atoms with Crippen LogP contribution < -0.4 is 5.43 Å². The number of benzene rings is 2. The Kier molecular flexibility index (Phi) is 4.22. The molecule has 20 heavy (non-hydrogen) atoms. The number of halogens is 1. The molecule has 0 amide bonds. The summed E-state index contributed by atoms with van der Waals surface area (Å²) >= 11 is 5.94. The van der Waals surface area contributed by atoms with E-state index in [4.69, 9.17) is 16.7 Å². The predicted octanol–water partition coefficient (Wildman–Crippen LogP) is 3.19. The predicted molar refractivity (Wildman–Crippen MR) is 77.7 cm³/mol. The molecule has 0 saturated heterocycles. The fraction of sp³-hybridized carbons (Fsp3) is 0. The zero-order valence-electron chi connectivity index (χ0n) is 10.2. The molecule has 0 aliphatic carbocycles. The van der Waals surface area contributed by atoms with Crippen LogP contribution in [0, 0.1) is 0 Å². The summed E-state index contributed by atoms with van der Waals surface area (Å²) in [7, 11) is 0. The molecular weight excluding hydrogens is 280 g/mol. The summed E-state index contributed by atoms with van der Waals surface area (Å²) in [5, 5.41) is 22.7. The lowest BCUT2D eigenvalue weighted by molar-refractivity contribution is 0.0697. The number of phenols is 1. The Bertz CT molecular complexity index is 671. The first-order chi connectivity index (χ1) is 9.58. The maximum absolute atomic E-state index is 10.9. The first-order valence-electron chi connectivity index (χ1n) is 5.68. The van der Waals surface area contributed by atoms with Gasteiger partial charge in [-0.25, -0.2) is 4.79 Å². The number of hydrogen-bond acceptors (Lipinski definition) is 4. The Hall–Kier alpha value is -2.53. The standard InChI is InChI=1S/C14H11ClN2O3/c15-11-6-5-9(14(19)20)7-12(11)17-16-8-10-3-1-2-4-13(10)18/h1-8,17-18H,(H,19,20)/b16-8+. The Morgan fingerprint density at radius 1 is 1.25 bits per heavy atom. The maximum Gasteiger partial charge on any atom is 0.335 e. The van der Waals surface area contributed by atoms with E-state index in [1.54, 1.807) is 24.3 Å². The van der Waals surface area contributed by atoms with Gasteiger partial charge in [0, 0.05) is 5.56 Å². The maximum atomic E-state index is 10.9. The zero-order valence-corrected chi connectivity index (χ0v) is 11.0. The number of phenolic OH excluding ortho intramolecular Hbond substituents is 1. The number of hydrogen-bond donors (Lipinski definition) is 3. The largest absolute Gasteiger partial charge is 0.507 e. The van der Waals surface area contributed by atoms with Gasteiger partial charge in [0.15, 0.2) is 0 Å². The van der Waals surface area contributed by atoms with Crippen molar-refractivity contribution in [2.75, 3.05) is 5.43 Å². The van der Waals surface area contributed by atoms with E-state index in [0.29, 0.717) is 16.3 Å². The van der Waals surface area contributed by atoms with Gasteiger partial charge in [-0.2, -0.15) is 5.10 Å². The fourth-order valence-corrected chi connectivity index (χ4v) is 1.67. The van der Waals surface area contributed by atoms with E-state index in [1.165, 1.54) is 24.4 Å². The van der Waals surface area contributed by atoms with Crippen LogP contribution in [-0.4, -0.2) is 22.4 Å². The van der Waals surface area contributed by atoms with Gasteiger partial charge in [0.1, 0.15) is 5.75 Å². The van der Waals surface area contributed by atoms with Gasteiger partial charge in [0.2, 0.25) is 0 Å². The highest BCUT2D eigenvalue weighted by Crippen LogP contribution is 2.23. The molecule has 0 heterocycles. The summed E-state index contributed by atoms with van der Waals surface area (Å²) in [4.78, 5) is 10.9. The van der Waals surface area contributed by atoms with Gasteiger partial charge in [0.25, 0.3) is 0 Å². The van der Waals surface area contributed by atoms with Gasteiger partial charge in [-0.3, -0.25) is 5.43 Å². The molecule has 0 saturated carbocycles. The summed E-state index contributed by atoms with van der Waals surface area (Å²) in [6, 6.07) is 11.0. The molecule has 0 atom stereocenters. The molecule has 3 N–H and O–H groups in total. The number of carbonyl (C=O) groups is 1. The zero-order chi connectivity index (χ0) is 14.5. The van der Waals surface area contributed by atoms with Crippen molar-refractivity contribution in [1.29, 1.82) is 0 Å². The lowest BCUT2D eigenvalue weighted by atomic mass is 10.2. The van der Waals surface area contributed by atoms with E-state index >= 15 is 0 Å². The van der Waals surface area contributed by atoms with E-state index in [9.17, 15) is 9.90 Å². The highest BCUT2D eigenvalue weighted by atomic mass is 35.5. The third-order valence-electron chi connectivity index (χ3n) is 2.54. The second-order valence-electron chi connectivity index (χ2n) is 3.93. The normalized spacial score (nSPS) is 10.7. The molecule has 0 unspecified atom stereocenters. The number of nitrogens with zero attached hydrogens (tertiary/aromatic N) is 1. The molecule has 6 heteroatoms. The van der Waals surface area contributed by atoms with Gasteiger partial charge >= 0.3 is 5.97 Å². The third kappa shape index (κ3) is 3.27. The number of carboxylic acids is 1. The van der Waals surface area contributed by atoms with Crippen molar-refractivity contribution < 1.29 is 15.0 Å². The molecule has 5 nitrogen and oxygen atoms in total. The van der Waals surface area contributed by atoms with Crippen molar-refractivity contribution in [3.05, 3.63) is 58.6 Å². The average molecular weight is 291 g/mol. The van der Waals surface area contributed by atoms with Crippen molar-refractivity contribution in [3.63, 3.8) is 0 Å². The van der Waals surface area contributed by atoms with E-state index in [1.807, 2.05) is 0 Å². The van der Waals surface area contributed by atoms with Crippen molar-refractivity contribution >= 4 is 29.5 Å². The summed E-state index contributed by atoms with van der Waals surface area (Å²) in [6.07, 6.45) is 1.42. The molecule has 0 bridgehead atoms. The molecular formula is C14H11ClN2O3. The van der Waals surface area contributed by atoms with Gasteiger partial charge < -0.3 is 10.2 Å². The summed E-state index contributed by atoms with van der Waals surface area (Å²) in [6.45, 7) is 0. The molecule has 2 rings (SSSR count). The average Bonchev–Trinajstić information content (AvgIpc) is 2.42. The SMILES string of the molecule is O=C(O)c1ccc(Cl)c(N/N=C/c2ccccc2O)c1. The Balaban J connectivity index is 2.17. The molecule has 2 aromatic rings. The Labute approximate surface area is 120 Å². The highest BCUT2D eigenvalue weighted by Gasteiger charge is 2.06. The Morgan fingerprint density at radius 2 is 2.00 bits per heavy atom. The van der Waals surface area contributed by atoms with Crippen LogP contribution in [-0.2, 0) is 0 Å². The molecule has 0 aromatic heterocycles. The minimum absolute atomic E-state index is 0.100. The van der Waals surface area contributed by atoms with Crippen LogP contribution in [0.3, 0.4) is 0 Å². The van der Waals surface area contributed by atoms with Crippen LogP contribution in [0.1, 0.15) is 15.9 Å². The number of carboxylic acid groups (broad SMARTS) is 1. The van der Waals surface area contributed by atoms with Gasteiger partial charge in [-0.1, -0.05) is 23.7 Å². The molecule has 0 spiro atoms. The first-order valence-corrected chi connectivity index (χ1v) is 6.05. The smallest absolute Gasteiger partial charge is 0.335 e. The van der Waals surface area contributed by atoms with Gasteiger partial charge in [0.05, 0.1) is 22.5 Å². The number of anilines is 1. The first kappa shape index (κ1) is 13.9. The topological polar surface area (TPSA) is 81.9 Å². The second kappa shape index (κ2) is 6.08. The summed E-state index contributed by atoms with van der Waals surface area (Å²) < 4.78 is 0. The number of aromatic hydroxyl groups is 1. The van der Waals surface area contributed by atoms with Gasteiger partial charge in [-0.05, 0) is 30.3 Å². The van der Waals surface area contributed by atoms with E-state index in [2.05, 4.69) is 10.5 Å². The lowest BCUT2D eigenvalue weighted by Crippen LogP contribution is -1.98. The number of aromatic carboxylic acids is 1. The minimum atomic E-state index is -1.05. The summed E-state index contributed by atoms with van der Waals surface area (Å²) in [5.74, 6) is -0.946. The highest BCUT2D eigenvalue weighted by molar-refractivity contribution is 6.33. The van der Waals surface area contributed by atoms with Crippen LogP contribution in [0.4, 0.5) is 5.69 Å². The van der Waals surface area contributed by atoms with E-state index in [0.717, 1.165) is 0 Å². The minimum Gasteiger partial charge on any atom is -0.507 e. The number of hydrazone groups is 1. The fourth-order valence-electron chi connectivity index (χ4n) is 1.51. The number of para-hydroxylation sites is 1. The molecule has 0 radical (unpaired) electrons. The van der Waals surface area contributed by atoms with Crippen molar-refractivity contribution in [2.45, 2.75) is 0 Å². The van der Waals surface area contributed by atoms with Crippen LogP contribution in [0.25, 0.3) is 0 Å². The number of nitrogens with one attached hydrogen (secondary N) is 1. The van der Waals surface area contributed by atoms with Crippen LogP contribution in [0.5, 0.6) is 5.75 Å². The van der Waals surface area contributed by atoms with E-state index in [-0.39, 0.29) is 11.3 Å². The van der Waals surface area contributed by atoms with Crippen LogP contribution in [0.15, 0.2) is 47.6 Å². The van der Waals surface area contributed by atoms with Crippen molar-refractivity contribution in [2.24, 2.45) is 5.10 Å². The molecule has 0 aliphatic rings. The van der Waals surface area contributed by atoms with E-state index < -0.39 is 5.97 Å². The molecule has 0 fully saturated rings. The van der Waals surface area contributed by atoms with Gasteiger partial charge in [-0.15, -0.1) is 0 Å². The van der Waals surface area contributed by atoms with Crippen LogP contribution in [0.2, 0.25) is 5.02 Å². The number of rotatable bonds is 4. The molecule has 2 aromatic carbocycles. The molecule has 0 aliphatic heterocycles. The summed E-state index contributed by atoms with van der Waals surface area (Å²) in [5.41, 5.74) is 3.66. The lowest BCUT2D eigenvalue weighted by Gasteiger charge is -2.04. The quantitative estimate of drug-likeness (QED) is 0.596. The van der Waals surface area contributed by atoms with Crippen molar-refractivity contribution in [3.8, 4) is 5.75 Å². The van der Waals surface area contributed by atoms with Crippen LogP contribution >= 0.6 is 11.6 Å².